The first kappa shape index (κ1) is 21.4. The second-order valence-electron chi connectivity index (χ2n) is 7.15. The van der Waals surface area contributed by atoms with E-state index in [4.69, 9.17) is 0 Å². The molecule has 0 saturated heterocycles. The second-order valence-corrected chi connectivity index (χ2v) is 7.15. The Kier molecular flexibility index (Phi) is 7.42. The molecule has 0 aliphatic heterocycles. The fourth-order valence-corrected chi connectivity index (χ4v) is 3.00. The molecule has 150 valence electrons. The van der Waals surface area contributed by atoms with Crippen LogP contribution < -0.4 is 0 Å². The highest BCUT2D eigenvalue weighted by Gasteiger charge is 2.02. The maximum atomic E-state index is 14.1. The van der Waals surface area contributed by atoms with Crippen LogP contribution in [0, 0.1) is 35.3 Å². The van der Waals surface area contributed by atoms with Crippen molar-refractivity contribution in [1.29, 1.82) is 0 Å². The standard InChI is InChI=1S/C28H24F2/c1-3-5-6-25-18-15-24(20-28(25)30)12-11-22-7-9-23(10-8-22)14-17-26-16-13-21(4-2)19-27(26)29/h7-10,13,15-16,18-20H,3-6H2,1-2H3. The predicted octanol–water partition coefficient (Wildman–Crippen LogP) is 6.67. The normalized spacial score (nSPS) is 10.0. The molecule has 0 saturated carbocycles. The Morgan fingerprint density at radius 2 is 1.30 bits per heavy atom. The van der Waals surface area contributed by atoms with Gasteiger partial charge >= 0.3 is 0 Å². The van der Waals surface area contributed by atoms with Gasteiger partial charge in [0.15, 0.2) is 0 Å². The molecule has 0 spiro atoms. The van der Waals surface area contributed by atoms with Gasteiger partial charge in [-0.05, 0) is 78.9 Å². The number of unbranched alkanes of at least 4 members (excludes halogenated alkanes) is 1. The lowest BCUT2D eigenvalue weighted by atomic mass is 10.1. The lowest BCUT2D eigenvalue weighted by Crippen LogP contribution is -1.91. The molecule has 2 heteroatoms. The van der Waals surface area contributed by atoms with Crippen LogP contribution in [0.5, 0.6) is 0 Å². The van der Waals surface area contributed by atoms with Gasteiger partial charge in [-0.25, -0.2) is 8.78 Å². The summed E-state index contributed by atoms with van der Waals surface area (Å²) in [5, 5.41) is 0. The average Bonchev–Trinajstić information content (AvgIpc) is 2.77. The zero-order valence-corrected chi connectivity index (χ0v) is 17.4. The van der Waals surface area contributed by atoms with Crippen LogP contribution in [0.25, 0.3) is 0 Å². The van der Waals surface area contributed by atoms with E-state index in [2.05, 4.69) is 30.6 Å². The number of benzene rings is 3. The molecule has 0 radical (unpaired) electrons. The Balaban J connectivity index is 1.70. The molecule has 3 aromatic carbocycles. The fraction of sp³-hybridized carbons (Fsp3) is 0.214. The van der Waals surface area contributed by atoms with Gasteiger partial charge < -0.3 is 0 Å². The molecule has 0 fully saturated rings. The van der Waals surface area contributed by atoms with Crippen molar-refractivity contribution in [1.82, 2.24) is 0 Å². The maximum Gasteiger partial charge on any atom is 0.139 e. The van der Waals surface area contributed by atoms with Crippen molar-refractivity contribution in [2.75, 3.05) is 0 Å². The van der Waals surface area contributed by atoms with Gasteiger partial charge in [-0.2, -0.15) is 0 Å². The van der Waals surface area contributed by atoms with Gasteiger partial charge in [0.1, 0.15) is 11.6 Å². The van der Waals surface area contributed by atoms with Crippen molar-refractivity contribution in [2.24, 2.45) is 0 Å². The third kappa shape index (κ3) is 5.82. The van der Waals surface area contributed by atoms with Crippen molar-refractivity contribution >= 4 is 0 Å². The first-order valence-electron chi connectivity index (χ1n) is 10.3. The van der Waals surface area contributed by atoms with E-state index in [1.54, 1.807) is 6.07 Å². The number of hydrogen-bond donors (Lipinski definition) is 0. The van der Waals surface area contributed by atoms with Gasteiger partial charge in [-0.15, -0.1) is 0 Å². The highest BCUT2D eigenvalue weighted by Crippen LogP contribution is 2.13. The molecule has 0 aliphatic carbocycles. The molecule has 0 unspecified atom stereocenters. The third-order valence-electron chi connectivity index (χ3n) is 4.87. The molecule has 0 bridgehead atoms. The molecular weight excluding hydrogens is 374 g/mol. The summed E-state index contributed by atoms with van der Waals surface area (Å²) in [5.41, 5.74) is 4.34. The predicted molar refractivity (Wildman–Crippen MR) is 119 cm³/mol. The summed E-state index contributed by atoms with van der Waals surface area (Å²) in [6, 6.07) is 17.7. The second kappa shape index (κ2) is 10.4. The van der Waals surface area contributed by atoms with E-state index in [0.29, 0.717) is 11.1 Å². The summed E-state index contributed by atoms with van der Waals surface area (Å²) in [7, 11) is 0. The highest BCUT2D eigenvalue weighted by atomic mass is 19.1. The summed E-state index contributed by atoms with van der Waals surface area (Å²) in [6.07, 6.45) is 3.57. The Morgan fingerprint density at radius 3 is 1.90 bits per heavy atom. The van der Waals surface area contributed by atoms with E-state index in [9.17, 15) is 8.78 Å². The largest absolute Gasteiger partial charge is 0.207 e. The van der Waals surface area contributed by atoms with Crippen molar-refractivity contribution in [3.05, 3.63) is 106 Å². The van der Waals surface area contributed by atoms with Crippen LogP contribution in [-0.2, 0) is 12.8 Å². The Hall–Kier alpha value is -3.36. The molecular formula is C28H24F2. The lowest BCUT2D eigenvalue weighted by molar-refractivity contribution is 0.603. The van der Waals surface area contributed by atoms with Crippen molar-refractivity contribution in [3.8, 4) is 23.7 Å². The topological polar surface area (TPSA) is 0 Å². The molecule has 0 heterocycles. The van der Waals surface area contributed by atoms with Crippen molar-refractivity contribution in [3.63, 3.8) is 0 Å². The van der Waals surface area contributed by atoms with Crippen molar-refractivity contribution in [2.45, 2.75) is 39.5 Å². The van der Waals surface area contributed by atoms with Crippen LogP contribution >= 0.6 is 0 Å². The van der Waals surface area contributed by atoms with Gasteiger partial charge in [0.25, 0.3) is 0 Å². The average molecular weight is 398 g/mol. The Labute approximate surface area is 178 Å². The quantitative estimate of drug-likeness (QED) is 0.431. The summed E-state index contributed by atoms with van der Waals surface area (Å²) >= 11 is 0. The summed E-state index contributed by atoms with van der Waals surface area (Å²) in [6.45, 7) is 4.08. The van der Waals surface area contributed by atoms with E-state index in [1.807, 2.05) is 49.4 Å². The summed E-state index contributed by atoms with van der Waals surface area (Å²) < 4.78 is 28.2. The van der Waals surface area contributed by atoms with Crippen molar-refractivity contribution < 1.29 is 8.78 Å². The number of halogens is 2. The first-order valence-corrected chi connectivity index (χ1v) is 10.3. The fourth-order valence-electron chi connectivity index (χ4n) is 3.00. The van der Waals surface area contributed by atoms with Gasteiger partial charge in [0.2, 0.25) is 0 Å². The zero-order valence-electron chi connectivity index (χ0n) is 17.4. The molecule has 0 nitrogen and oxygen atoms in total. The van der Waals surface area contributed by atoms with E-state index >= 15 is 0 Å². The van der Waals surface area contributed by atoms with Crippen LogP contribution in [0.3, 0.4) is 0 Å². The van der Waals surface area contributed by atoms with Crippen LogP contribution in [0.15, 0.2) is 60.7 Å². The smallest absolute Gasteiger partial charge is 0.139 e. The van der Waals surface area contributed by atoms with E-state index in [1.165, 1.54) is 12.1 Å². The van der Waals surface area contributed by atoms with Crippen LogP contribution in [-0.4, -0.2) is 0 Å². The van der Waals surface area contributed by atoms with Gasteiger partial charge in [-0.3, -0.25) is 0 Å². The number of aryl methyl sites for hydroxylation is 2. The highest BCUT2D eigenvalue weighted by molar-refractivity contribution is 5.48. The molecule has 3 aromatic rings. The summed E-state index contributed by atoms with van der Waals surface area (Å²) in [4.78, 5) is 0. The molecule has 3 rings (SSSR count). The van der Waals surface area contributed by atoms with E-state index in [0.717, 1.165) is 47.9 Å². The molecule has 0 N–H and O–H groups in total. The van der Waals surface area contributed by atoms with Crippen LogP contribution in [0.1, 0.15) is 60.1 Å². The first-order chi connectivity index (χ1) is 14.6. The van der Waals surface area contributed by atoms with Gasteiger partial charge in [0, 0.05) is 16.7 Å². The maximum absolute atomic E-state index is 14.1. The molecule has 0 amide bonds. The van der Waals surface area contributed by atoms with Crippen LogP contribution in [0.2, 0.25) is 0 Å². The minimum atomic E-state index is -0.294. The Morgan fingerprint density at radius 1 is 0.667 bits per heavy atom. The number of rotatable bonds is 4. The molecule has 30 heavy (non-hydrogen) atoms. The number of hydrogen-bond acceptors (Lipinski definition) is 0. The van der Waals surface area contributed by atoms with E-state index < -0.39 is 0 Å². The molecule has 0 aromatic heterocycles. The lowest BCUT2D eigenvalue weighted by Gasteiger charge is -2.02. The zero-order chi connectivity index (χ0) is 21.3. The van der Waals surface area contributed by atoms with Gasteiger partial charge in [0.05, 0.1) is 5.56 Å². The molecule has 0 aliphatic rings. The summed E-state index contributed by atoms with van der Waals surface area (Å²) in [5.74, 6) is 11.4. The SMILES string of the molecule is CCCCc1ccc(C#Cc2ccc(C#Cc3ccc(CC)cc3F)cc2)cc1F. The third-order valence-corrected chi connectivity index (χ3v) is 4.87. The molecule has 0 atom stereocenters. The Bertz CT molecular complexity index is 1130. The minimum Gasteiger partial charge on any atom is -0.207 e. The van der Waals surface area contributed by atoms with Gasteiger partial charge in [-0.1, -0.05) is 56.1 Å². The minimum absolute atomic E-state index is 0.194. The van der Waals surface area contributed by atoms with Crippen LogP contribution in [0.4, 0.5) is 8.78 Å². The monoisotopic (exact) mass is 398 g/mol. The van der Waals surface area contributed by atoms with E-state index in [-0.39, 0.29) is 11.6 Å².